The lowest BCUT2D eigenvalue weighted by Gasteiger charge is -2.11. The van der Waals surface area contributed by atoms with Crippen LogP contribution in [0.15, 0.2) is 45.7 Å². The number of hydrogen-bond acceptors (Lipinski definition) is 5. The SMILES string of the molecule is CCCn1c(SCC(=O)Nc2ccc(CC)cc2)nc2ccsc2c1=O. The van der Waals surface area contributed by atoms with E-state index in [1.54, 1.807) is 4.57 Å². The van der Waals surface area contributed by atoms with Crippen LogP contribution in [0.5, 0.6) is 0 Å². The van der Waals surface area contributed by atoms with Crippen molar-refractivity contribution in [2.24, 2.45) is 0 Å². The summed E-state index contributed by atoms with van der Waals surface area (Å²) in [5, 5.41) is 5.36. The minimum Gasteiger partial charge on any atom is -0.325 e. The van der Waals surface area contributed by atoms with E-state index in [0.29, 0.717) is 21.9 Å². The molecule has 0 atom stereocenters. The van der Waals surface area contributed by atoms with E-state index in [-0.39, 0.29) is 17.2 Å². The lowest BCUT2D eigenvalue weighted by atomic mass is 10.1. The summed E-state index contributed by atoms with van der Waals surface area (Å²) in [5.74, 6) is 0.100. The molecule has 1 amide bonds. The molecule has 0 saturated carbocycles. The van der Waals surface area contributed by atoms with Gasteiger partial charge in [-0.25, -0.2) is 4.98 Å². The molecule has 0 bridgehead atoms. The first-order valence-corrected chi connectivity index (χ1v) is 10.5. The maximum atomic E-state index is 12.6. The second-order valence-corrected chi connectivity index (χ2v) is 7.73. The third-order valence-corrected chi connectivity index (χ3v) is 5.82. The second kappa shape index (κ2) is 8.51. The maximum absolute atomic E-state index is 12.6. The van der Waals surface area contributed by atoms with Crippen LogP contribution < -0.4 is 10.9 Å². The standard InChI is InChI=1S/C19H21N3O2S2/c1-3-10-22-18(24)17-15(9-11-25-17)21-19(22)26-12-16(23)20-14-7-5-13(4-2)6-8-14/h5-9,11H,3-4,10,12H2,1-2H3,(H,20,23). The van der Waals surface area contributed by atoms with E-state index in [2.05, 4.69) is 17.2 Å². The highest BCUT2D eigenvalue weighted by Crippen LogP contribution is 2.21. The molecule has 0 saturated heterocycles. The Labute approximate surface area is 160 Å². The minimum absolute atomic E-state index is 0.0232. The highest BCUT2D eigenvalue weighted by molar-refractivity contribution is 7.99. The van der Waals surface area contributed by atoms with Crippen molar-refractivity contribution in [3.63, 3.8) is 0 Å². The average Bonchev–Trinajstić information content (AvgIpc) is 3.12. The van der Waals surface area contributed by atoms with Crippen LogP contribution in [0, 0.1) is 0 Å². The monoisotopic (exact) mass is 387 g/mol. The average molecular weight is 388 g/mol. The number of carbonyl (C=O) groups is 1. The Hall–Kier alpha value is -2.12. The van der Waals surface area contributed by atoms with Crippen LogP contribution >= 0.6 is 23.1 Å². The first kappa shape index (κ1) is 18.7. The lowest BCUT2D eigenvalue weighted by molar-refractivity contribution is -0.113. The van der Waals surface area contributed by atoms with Gasteiger partial charge in [-0.05, 0) is 42.0 Å². The first-order chi connectivity index (χ1) is 12.6. The molecule has 3 rings (SSSR count). The van der Waals surface area contributed by atoms with Gasteiger partial charge in [0.15, 0.2) is 5.16 Å². The van der Waals surface area contributed by atoms with E-state index in [1.165, 1.54) is 28.7 Å². The number of thiophene rings is 1. The molecular weight excluding hydrogens is 366 g/mol. The molecule has 1 aromatic carbocycles. The number of aryl methyl sites for hydroxylation is 1. The van der Waals surface area contributed by atoms with Crippen LogP contribution in [0.3, 0.4) is 0 Å². The first-order valence-electron chi connectivity index (χ1n) is 8.62. The van der Waals surface area contributed by atoms with E-state index >= 15 is 0 Å². The van der Waals surface area contributed by atoms with Gasteiger partial charge in [-0.1, -0.05) is 37.7 Å². The number of nitrogens with one attached hydrogen (secondary N) is 1. The summed E-state index contributed by atoms with van der Waals surface area (Å²) in [4.78, 5) is 29.5. The Balaban J connectivity index is 1.72. The number of benzene rings is 1. The van der Waals surface area contributed by atoms with Crippen molar-refractivity contribution in [2.45, 2.75) is 38.4 Å². The van der Waals surface area contributed by atoms with Crippen LogP contribution in [0.2, 0.25) is 0 Å². The van der Waals surface area contributed by atoms with Crippen molar-refractivity contribution >= 4 is 44.9 Å². The van der Waals surface area contributed by atoms with E-state index in [1.807, 2.05) is 42.6 Å². The topological polar surface area (TPSA) is 64.0 Å². The van der Waals surface area contributed by atoms with E-state index in [0.717, 1.165) is 18.5 Å². The smallest absolute Gasteiger partial charge is 0.272 e. The van der Waals surface area contributed by atoms with Gasteiger partial charge in [-0.15, -0.1) is 11.3 Å². The quantitative estimate of drug-likeness (QED) is 0.488. The van der Waals surface area contributed by atoms with Gasteiger partial charge in [-0.3, -0.25) is 14.2 Å². The summed E-state index contributed by atoms with van der Waals surface area (Å²) in [6.45, 7) is 4.71. The van der Waals surface area contributed by atoms with Gasteiger partial charge in [-0.2, -0.15) is 0 Å². The molecule has 7 heteroatoms. The number of rotatable bonds is 7. The van der Waals surface area contributed by atoms with E-state index in [9.17, 15) is 9.59 Å². The zero-order valence-electron chi connectivity index (χ0n) is 14.8. The number of amides is 1. The molecule has 26 heavy (non-hydrogen) atoms. The van der Waals surface area contributed by atoms with Gasteiger partial charge in [0.05, 0.1) is 11.3 Å². The third-order valence-electron chi connectivity index (χ3n) is 3.96. The number of anilines is 1. The predicted molar refractivity (Wildman–Crippen MR) is 109 cm³/mol. The number of fused-ring (bicyclic) bond motifs is 1. The summed E-state index contributed by atoms with van der Waals surface area (Å²) in [6.07, 6.45) is 1.80. The van der Waals surface area contributed by atoms with Gasteiger partial charge in [0.1, 0.15) is 4.70 Å². The molecular formula is C19H21N3O2S2. The zero-order valence-corrected chi connectivity index (χ0v) is 16.5. The molecule has 136 valence electrons. The Morgan fingerprint density at radius 2 is 2.00 bits per heavy atom. The van der Waals surface area contributed by atoms with Crippen molar-refractivity contribution in [3.8, 4) is 0 Å². The van der Waals surface area contributed by atoms with Gasteiger partial charge >= 0.3 is 0 Å². The predicted octanol–water partition coefficient (Wildman–Crippen LogP) is 4.16. The van der Waals surface area contributed by atoms with E-state index < -0.39 is 0 Å². The highest BCUT2D eigenvalue weighted by Gasteiger charge is 2.13. The Kier molecular flexibility index (Phi) is 6.11. The summed E-state index contributed by atoms with van der Waals surface area (Å²) >= 11 is 2.71. The number of aromatic nitrogens is 2. The molecule has 0 unspecified atom stereocenters. The van der Waals surface area contributed by atoms with Crippen molar-refractivity contribution in [1.82, 2.24) is 9.55 Å². The Morgan fingerprint density at radius 3 is 2.69 bits per heavy atom. The van der Waals surface area contributed by atoms with Crippen molar-refractivity contribution in [2.75, 3.05) is 11.1 Å². The molecule has 0 radical (unpaired) electrons. The van der Waals surface area contributed by atoms with E-state index in [4.69, 9.17) is 0 Å². The van der Waals surface area contributed by atoms with Gasteiger partial charge < -0.3 is 5.32 Å². The number of nitrogens with zero attached hydrogens (tertiary/aromatic N) is 2. The normalized spacial score (nSPS) is 11.0. The van der Waals surface area contributed by atoms with Gasteiger partial charge in [0.25, 0.3) is 5.56 Å². The van der Waals surface area contributed by atoms with Gasteiger partial charge in [0.2, 0.25) is 5.91 Å². The lowest BCUT2D eigenvalue weighted by Crippen LogP contribution is -2.23. The number of thioether (sulfide) groups is 1. The largest absolute Gasteiger partial charge is 0.325 e. The Bertz CT molecular complexity index is 961. The van der Waals surface area contributed by atoms with Crippen molar-refractivity contribution in [3.05, 3.63) is 51.6 Å². The van der Waals surface area contributed by atoms with Crippen LogP contribution in [0.25, 0.3) is 10.2 Å². The second-order valence-electron chi connectivity index (χ2n) is 5.87. The minimum atomic E-state index is -0.109. The maximum Gasteiger partial charge on any atom is 0.272 e. The van der Waals surface area contributed by atoms with Crippen molar-refractivity contribution in [1.29, 1.82) is 0 Å². The molecule has 2 aromatic heterocycles. The molecule has 3 aromatic rings. The van der Waals surface area contributed by atoms with Gasteiger partial charge in [0, 0.05) is 12.2 Å². The molecule has 0 aliphatic rings. The molecule has 0 aliphatic carbocycles. The summed E-state index contributed by atoms with van der Waals surface area (Å²) in [6, 6.07) is 9.67. The fourth-order valence-corrected chi connectivity index (χ4v) is 4.21. The Morgan fingerprint density at radius 1 is 1.23 bits per heavy atom. The molecule has 0 fully saturated rings. The molecule has 0 aliphatic heterocycles. The van der Waals surface area contributed by atoms with Crippen LogP contribution in [0.1, 0.15) is 25.8 Å². The van der Waals surface area contributed by atoms with Crippen LogP contribution in [-0.4, -0.2) is 21.2 Å². The summed E-state index contributed by atoms with van der Waals surface area (Å²) in [7, 11) is 0. The summed E-state index contributed by atoms with van der Waals surface area (Å²) in [5.41, 5.74) is 2.68. The number of carbonyl (C=O) groups excluding carboxylic acids is 1. The summed E-state index contributed by atoms with van der Waals surface area (Å²) < 4.78 is 2.34. The fourth-order valence-electron chi connectivity index (χ4n) is 2.61. The van der Waals surface area contributed by atoms with Crippen LogP contribution in [-0.2, 0) is 17.8 Å². The molecule has 0 spiro atoms. The highest BCUT2D eigenvalue weighted by atomic mass is 32.2. The fraction of sp³-hybridized carbons (Fsp3) is 0.316. The molecule has 1 N–H and O–H groups in total. The molecule has 5 nitrogen and oxygen atoms in total. The van der Waals surface area contributed by atoms with Crippen LogP contribution in [0.4, 0.5) is 5.69 Å². The van der Waals surface area contributed by atoms with Crippen molar-refractivity contribution < 1.29 is 4.79 Å². The number of hydrogen-bond donors (Lipinski definition) is 1. The third kappa shape index (κ3) is 4.16. The zero-order chi connectivity index (χ0) is 18.5. The molecule has 2 heterocycles.